The minimum Gasteiger partial charge on any atom is -0.334 e. The molecule has 0 aromatic carbocycles. The Balaban J connectivity index is 2.58. The number of fused-ring (bicyclic) bond motifs is 1. The highest BCUT2D eigenvalue weighted by Crippen LogP contribution is 2.20. The topological polar surface area (TPSA) is 37.8 Å². The highest BCUT2D eigenvalue weighted by Gasteiger charge is 2.28. The third-order valence-corrected chi connectivity index (χ3v) is 2.04. The molecular formula is C9H7F3N2O. The Bertz CT molecular complexity index is 538. The number of H-pyrrole nitrogens is 1. The van der Waals surface area contributed by atoms with Crippen LogP contribution in [0.2, 0.25) is 0 Å². The van der Waals surface area contributed by atoms with Gasteiger partial charge in [-0.15, -0.1) is 0 Å². The Kier molecular flexibility index (Phi) is 2.06. The van der Waals surface area contributed by atoms with E-state index in [1.54, 1.807) is 6.07 Å². The van der Waals surface area contributed by atoms with E-state index in [0.29, 0.717) is 5.39 Å². The molecule has 0 saturated carbocycles. The molecule has 0 aliphatic heterocycles. The van der Waals surface area contributed by atoms with Gasteiger partial charge in [-0.1, -0.05) is 0 Å². The van der Waals surface area contributed by atoms with Gasteiger partial charge in [0.15, 0.2) is 0 Å². The lowest BCUT2D eigenvalue weighted by atomic mass is 10.3. The molecule has 2 rings (SSSR count). The fourth-order valence-corrected chi connectivity index (χ4v) is 1.49. The highest BCUT2D eigenvalue weighted by molar-refractivity contribution is 5.78. The van der Waals surface area contributed by atoms with Gasteiger partial charge in [0, 0.05) is 17.8 Å². The Labute approximate surface area is 82.1 Å². The van der Waals surface area contributed by atoms with E-state index in [2.05, 4.69) is 4.98 Å². The summed E-state index contributed by atoms with van der Waals surface area (Å²) in [5.74, 6) is 0. The van der Waals surface area contributed by atoms with Crippen molar-refractivity contribution >= 4 is 10.9 Å². The number of aromatic nitrogens is 2. The van der Waals surface area contributed by atoms with Gasteiger partial charge in [-0.25, -0.2) is 0 Å². The fraction of sp³-hybridized carbons (Fsp3) is 0.222. The zero-order valence-electron chi connectivity index (χ0n) is 7.51. The molecule has 0 aliphatic rings. The number of hydrogen-bond acceptors (Lipinski definition) is 1. The van der Waals surface area contributed by atoms with Crippen LogP contribution in [0.15, 0.2) is 29.3 Å². The molecule has 1 N–H and O–H groups in total. The molecule has 0 fully saturated rings. The molecule has 6 heteroatoms. The van der Waals surface area contributed by atoms with Crippen molar-refractivity contribution in [3.63, 3.8) is 0 Å². The van der Waals surface area contributed by atoms with Crippen molar-refractivity contribution in [1.29, 1.82) is 0 Å². The van der Waals surface area contributed by atoms with Crippen molar-refractivity contribution in [3.8, 4) is 0 Å². The maximum absolute atomic E-state index is 12.1. The second-order valence-electron chi connectivity index (χ2n) is 3.17. The van der Waals surface area contributed by atoms with Crippen LogP contribution >= 0.6 is 0 Å². The molecule has 3 nitrogen and oxygen atoms in total. The molecule has 2 aromatic rings. The van der Waals surface area contributed by atoms with Crippen molar-refractivity contribution in [1.82, 2.24) is 9.55 Å². The van der Waals surface area contributed by atoms with Gasteiger partial charge < -0.3 is 9.55 Å². The summed E-state index contributed by atoms with van der Waals surface area (Å²) in [6.45, 7) is -1.15. The molecule has 15 heavy (non-hydrogen) atoms. The van der Waals surface area contributed by atoms with Crippen LogP contribution in [0.3, 0.4) is 0 Å². The van der Waals surface area contributed by atoms with Gasteiger partial charge >= 0.3 is 6.18 Å². The van der Waals surface area contributed by atoms with E-state index in [4.69, 9.17) is 0 Å². The van der Waals surface area contributed by atoms with Gasteiger partial charge in [0.05, 0.1) is 0 Å². The summed E-state index contributed by atoms with van der Waals surface area (Å²) in [5.41, 5.74) is -0.462. The van der Waals surface area contributed by atoms with Gasteiger partial charge in [-0.3, -0.25) is 4.79 Å². The molecule has 0 atom stereocenters. The van der Waals surface area contributed by atoms with E-state index < -0.39 is 18.3 Å². The van der Waals surface area contributed by atoms with Crippen LogP contribution in [0, 0.1) is 0 Å². The molecule has 2 aromatic heterocycles. The second kappa shape index (κ2) is 3.15. The second-order valence-corrected chi connectivity index (χ2v) is 3.17. The monoisotopic (exact) mass is 216 g/mol. The minimum atomic E-state index is -4.33. The lowest BCUT2D eigenvalue weighted by Crippen LogP contribution is -2.19. The van der Waals surface area contributed by atoms with E-state index in [9.17, 15) is 18.0 Å². The average Bonchev–Trinajstić information content (AvgIpc) is 2.47. The molecule has 0 amide bonds. The van der Waals surface area contributed by atoms with E-state index in [1.807, 2.05) is 0 Å². The minimum absolute atomic E-state index is 0.0508. The third kappa shape index (κ3) is 1.88. The summed E-state index contributed by atoms with van der Waals surface area (Å²) in [7, 11) is 0. The molecule has 0 spiro atoms. The number of nitrogens with one attached hydrogen (secondary N) is 1. The Morgan fingerprint density at radius 2 is 2.07 bits per heavy atom. The first-order valence-electron chi connectivity index (χ1n) is 4.21. The van der Waals surface area contributed by atoms with Gasteiger partial charge in [0.2, 0.25) is 0 Å². The fourth-order valence-electron chi connectivity index (χ4n) is 1.49. The zero-order valence-corrected chi connectivity index (χ0v) is 7.51. The van der Waals surface area contributed by atoms with Crippen LogP contribution in [0.5, 0.6) is 0 Å². The molecule has 80 valence electrons. The van der Waals surface area contributed by atoms with Gasteiger partial charge in [0.1, 0.15) is 12.1 Å². The molecule has 2 heterocycles. The third-order valence-electron chi connectivity index (χ3n) is 2.04. The van der Waals surface area contributed by atoms with E-state index >= 15 is 0 Å². The smallest absolute Gasteiger partial charge is 0.334 e. The average molecular weight is 216 g/mol. The maximum atomic E-state index is 12.1. The summed E-state index contributed by atoms with van der Waals surface area (Å²) >= 11 is 0. The number of nitrogens with zero attached hydrogens (tertiary/aromatic N) is 1. The number of halogens is 3. The van der Waals surface area contributed by atoms with Crippen molar-refractivity contribution < 1.29 is 13.2 Å². The highest BCUT2D eigenvalue weighted by atomic mass is 19.4. The summed E-state index contributed by atoms with van der Waals surface area (Å²) in [4.78, 5) is 13.6. The molecule has 0 bridgehead atoms. The van der Waals surface area contributed by atoms with Crippen LogP contribution in [0.1, 0.15) is 0 Å². The quantitative estimate of drug-likeness (QED) is 0.776. The first-order chi connectivity index (χ1) is 6.97. The molecule has 0 radical (unpaired) electrons. The van der Waals surface area contributed by atoms with Gasteiger partial charge in [0.25, 0.3) is 5.56 Å². The predicted octanol–water partition coefficient (Wildman–Crippen LogP) is 1.89. The number of pyridine rings is 1. The molecule has 0 aliphatic carbocycles. The van der Waals surface area contributed by atoms with Crippen LogP contribution in [0.25, 0.3) is 10.9 Å². The van der Waals surface area contributed by atoms with Crippen molar-refractivity contribution in [2.24, 2.45) is 0 Å². The lowest BCUT2D eigenvalue weighted by molar-refractivity contribution is -0.139. The number of aromatic amines is 1. The van der Waals surface area contributed by atoms with Crippen LogP contribution in [-0.2, 0) is 6.54 Å². The SMILES string of the molecule is O=c1[nH]ccc2ccn(CC(F)(F)F)c12. The van der Waals surface area contributed by atoms with Gasteiger partial charge in [-0.05, 0) is 12.1 Å². The molecular weight excluding hydrogens is 209 g/mol. The van der Waals surface area contributed by atoms with Crippen molar-refractivity contribution in [2.45, 2.75) is 12.7 Å². The summed E-state index contributed by atoms with van der Waals surface area (Å²) in [6, 6.07) is 3.04. The predicted molar refractivity (Wildman–Crippen MR) is 48.6 cm³/mol. The number of alkyl halides is 3. The van der Waals surface area contributed by atoms with Crippen LogP contribution in [0.4, 0.5) is 13.2 Å². The summed E-state index contributed by atoms with van der Waals surface area (Å²) in [6.07, 6.45) is -1.66. The van der Waals surface area contributed by atoms with Crippen LogP contribution in [-0.4, -0.2) is 15.7 Å². The Hall–Kier alpha value is -1.72. The van der Waals surface area contributed by atoms with Crippen molar-refractivity contribution in [2.75, 3.05) is 0 Å². The maximum Gasteiger partial charge on any atom is 0.406 e. The molecule has 0 unspecified atom stereocenters. The zero-order chi connectivity index (χ0) is 11.1. The lowest BCUT2D eigenvalue weighted by Gasteiger charge is -2.07. The number of rotatable bonds is 1. The molecule has 0 saturated heterocycles. The summed E-state index contributed by atoms with van der Waals surface area (Å²) < 4.78 is 37.3. The largest absolute Gasteiger partial charge is 0.406 e. The van der Waals surface area contributed by atoms with Crippen molar-refractivity contribution in [3.05, 3.63) is 34.9 Å². The van der Waals surface area contributed by atoms with Gasteiger partial charge in [-0.2, -0.15) is 13.2 Å². The normalized spacial score (nSPS) is 12.2. The summed E-state index contributed by atoms with van der Waals surface area (Å²) in [5, 5.41) is 0.503. The standard InChI is InChI=1S/C9H7F3N2O/c10-9(11,12)5-14-4-2-6-1-3-13-8(15)7(6)14/h1-4H,5H2,(H,13,15). The van der Waals surface area contributed by atoms with Crippen LogP contribution < -0.4 is 5.56 Å². The van der Waals surface area contributed by atoms with E-state index in [0.717, 1.165) is 4.57 Å². The first kappa shape index (κ1) is 9.82. The van der Waals surface area contributed by atoms with E-state index in [1.165, 1.54) is 18.5 Å². The van der Waals surface area contributed by atoms with E-state index in [-0.39, 0.29) is 5.52 Å². The Morgan fingerprint density at radius 1 is 1.33 bits per heavy atom. The first-order valence-corrected chi connectivity index (χ1v) is 4.21. The Morgan fingerprint density at radius 3 is 2.73 bits per heavy atom. The number of hydrogen-bond donors (Lipinski definition) is 1.